The Morgan fingerprint density at radius 2 is 1.88 bits per heavy atom. The lowest BCUT2D eigenvalue weighted by Crippen LogP contribution is -2.04. The molecule has 1 heterocycles. The number of rotatable bonds is 5. The van der Waals surface area contributed by atoms with Gasteiger partial charge < -0.3 is 10.2 Å². The second kappa shape index (κ2) is 5.56. The van der Waals surface area contributed by atoms with E-state index in [1.165, 1.54) is 0 Å². The smallest absolute Gasteiger partial charge is 0.116 e. The lowest BCUT2D eigenvalue weighted by atomic mass is 10.1. The molecule has 5 heteroatoms. The maximum atomic E-state index is 9.25. The number of aromatic nitrogens is 3. The van der Waals surface area contributed by atoms with E-state index in [-0.39, 0.29) is 13.2 Å². The number of aliphatic hydroxyl groups is 2. The molecule has 1 aromatic heterocycles. The van der Waals surface area contributed by atoms with E-state index in [2.05, 4.69) is 10.3 Å². The van der Waals surface area contributed by atoms with Gasteiger partial charge in [0.1, 0.15) is 5.69 Å². The molecule has 2 rings (SSSR count). The van der Waals surface area contributed by atoms with E-state index in [9.17, 15) is 5.11 Å². The summed E-state index contributed by atoms with van der Waals surface area (Å²) >= 11 is 0. The van der Waals surface area contributed by atoms with Crippen molar-refractivity contribution in [2.45, 2.75) is 19.6 Å². The lowest BCUT2D eigenvalue weighted by Gasteiger charge is -2.06. The molecule has 2 aromatic rings. The van der Waals surface area contributed by atoms with E-state index in [1.807, 2.05) is 30.3 Å². The maximum absolute atomic E-state index is 9.25. The van der Waals surface area contributed by atoms with Crippen LogP contribution in [0.1, 0.15) is 12.1 Å². The fourth-order valence-corrected chi connectivity index (χ4v) is 1.74. The first kappa shape index (κ1) is 11.8. The molecule has 0 fully saturated rings. The molecule has 0 atom stereocenters. The highest BCUT2D eigenvalue weighted by molar-refractivity contribution is 5.61. The van der Waals surface area contributed by atoms with Crippen LogP contribution in [-0.4, -0.2) is 31.8 Å². The Morgan fingerprint density at radius 1 is 1.12 bits per heavy atom. The van der Waals surface area contributed by atoms with E-state index in [0.29, 0.717) is 18.7 Å². The van der Waals surface area contributed by atoms with Crippen molar-refractivity contribution in [2.24, 2.45) is 0 Å². The average molecular weight is 233 g/mol. The molecule has 17 heavy (non-hydrogen) atoms. The summed E-state index contributed by atoms with van der Waals surface area (Å²) in [7, 11) is 0. The van der Waals surface area contributed by atoms with Crippen LogP contribution in [0.4, 0.5) is 0 Å². The fourth-order valence-electron chi connectivity index (χ4n) is 1.74. The van der Waals surface area contributed by atoms with Crippen molar-refractivity contribution in [3.63, 3.8) is 0 Å². The van der Waals surface area contributed by atoms with Gasteiger partial charge in [-0.2, -0.15) is 0 Å². The van der Waals surface area contributed by atoms with Gasteiger partial charge >= 0.3 is 0 Å². The van der Waals surface area contributed by atoms with Crippen molar-refractivity contribution in [3.05, 3.63) is 36.0 Å². The van der Waals surface area contributed by atoms with Crippen LogP contribution < -0.4 is 0 Å². The molecule has 0 saturated heterocycles. The summed E-state index contributed by atoms with van der Waals surface area (Å²) in [5, 5.41) is 26.0. The number of hydrogen-bond donors (Lipinski definition) is 2. The zero-order chi connectivity index (χ0) is 12.1. The Labute approximate surface area is 99.3 Å². The number of hydrogen-bond acceptors (Lipinski definition) is 4. The minimum Gasteiger partial charge on any atom is -0.396 e. The molecule has 2 N–H and O–H groups in total. The van der Waals surface area contributed by atoms with Crippen molar-refractivity contribution in [2.75, 3.05) is 6.61 Å². The highest BCUT2D eigenvalue weighted by Crippen LogP contribution is 2.22. The van der Waals surface area contributed by atoms with E-state index < -0.39 is 0 Å². The Balaban J connectivity index is 2.39. The van der Waals surface area contributed by atoms with Crippen molar-refractivity contribution in [3.8, 4) is 11.3 Å². The molecule has 0 aliphatic rings. The number of benzene rings is 1. The van der Waals surface area contributed by atoms with Crippen LogP contribution in [0.2, 0.25) is 0 Å². The first-order valence-corrected chi connectivity index (χ1v) is 5.56. The third-order valence-electron chi connectivity index (χ3n) is 2.53. The van der Waals surface area contributed by atoms with Gasteiger partial charge in [-0.15, -0.1) is 5.10 Å². The van der Waals surface area contributed by atoms with Crippen LogP contribution >= 0.6 is 0 Å². The molecule has 1 aromatic carbocycles. The lowest BCUT2D eigenvalue weighted by molar-refractivity contribution is 0.276. The van der Waals surface area contributed by atoms with E-state index in [0.717, 1.165) is 11.3 Å². The molecular weight excluding hydrogens is 218 g/mol. The Morgan fingerprint density at radius 3 is 2.53 bits per heavy atom. The van der Waals surface area contributed by atoms with Crippen molar-refractivity contribution < 1.29 is 10.2 Å². The van der Waals surface area contributed by atoms with Crippen LogP contribution in [0, 0.1) is 0 Å². The molecular formula is C12H15N3O2. The number of aliphatic hydroxyl groups excluding tert-OH is 2. The zero-order valence-electron chi connectivity index (χ0n) is 9.45. The van der Waals surface area contributed by atoms with Gasteiger partial charge in [-0.25, -0.2) is 4.68 Å². The van der Waals surface area contributed by atoms with Crippen molar-refractivity contribution >= 4 is 0 Å². The van der Waals surface area contributed by atoms with Crippen molar-refractivity contribution in [1.29, 1.82) is 0 Å². The summed E-state index contributed by atoms with van der Waals surface area (Å²) in [6, 6.07) is 9.70. The van der Waals surface area contributed by atoms with E-state index in [4.69, 9.17) is 5.11 Å². The predicted molar refractivity (Wildman–Crippen MR) is 63.1 cm³/mol. The molecule has 0 aliphatic heterocycles. The number of aryl methyl sites for hydroxylation is 1. The standard InChI is InChI=1S/C12H15N3O2/c16-8-4-7-15-12(11(9-17)13-14-15)10-5-2-1-3-6-10/h1-3,5-6,16-17H,4,7-9H2. The molecule has 0 aliphatic carbocycles. The largest absolute Gasteiger partial charge is 0.396 e. The fraction of sp³-hybridized carbons (Fsp3) is 0.333. The molecule has 5 nitrogen and oxygen atoms in total. The second-order valence-electron chi connectivity index (χ2n) is 3.71. The van der Waals surface area contributed by atoms with Crippen LogP contribution in [0.5, 0.6) is 0 Å². The minimum absolute atomic E-state index is 0.114. The summed E-state index contributed by atoms with van der Waals surface area (Å²) in [4.78, 5) is 0. The Hall–Kier alpha value is -1.72. The summed E-state index contributed by atoms with van der Waals surface area (Å²) in [6.45, 7) is 0.569. The quantitative estimate of drug-likeness (QED) is 0.802. The first-order valence-electron chi connectivity index (χ1n) is 5.56. The monoisotopic (exact) mass is 233 g/mol. The highest BCUT2D eigenvalue weighted by atomic mass is 16.3. The van der Waals surface area contributed by atoms with Gasteiger partial charge in [0.05, 0.1) is 12.3 Å². The summed E-state index contributed by atoms with van der Waals surface area (Å²) in [5.74, 6) is 0. The maximum Gasteiger partial charge on any atom is 0.116 e. The second-order valence-corrected chi connectivity index (χ2v) is 3.71. The molecule has 0 unspecified atom stereocenters. The SMILES string of the molecule is OCCCn1nnc(CO)c1-c1ccccc1. The summed E-state index contributed by atoms with van der Waals surface area (Å²) in [5.41, 5.74) is 2.36. The van der Waals surface area contributed by atoms with Gasteiger partial charge in [0.2, 0.25) is 0 Å². The molecule has 90 valence electrons. The topological polar surface area (TPSA) is 71.2 Å². The molecule has 0 saturated carbocycles. The van der Waals surface area contributed by atoms with E-state index in [1.54, 1.807) is 4.68 Å². The van der Waals surface area contributed by atoms with Gasteiger partial charge in [-0.1, -0.05) is 35.5 Å². The Bertz CT molecular complexity index is 468. The van der Waals surface area contributed by atoms with Crippen LogP contribution in [0.15, 0.2) is 30.3 Å². The van der Waals surface area contributed by atoms with Gasteiger partial charge in [0, 0.05) is 18.7 Å². The third kappa shape index (κ3) is 2.51. The minimum atomic E-state index is -0.136. The van der Waals surface area contributed by atoms with Gasteiger partial charge in [-0.05, 0) is 6.42 Å². The first-order chi connectivity index (χ1) is 8.36. The molecule has 0 spiro atoms. The van der Waals surface area contributed by atoms with Gasteiger partial charge in [-0.3, -0.25) is 0 Å². The molecule has 0 radical (unpaired) electrons. The number of nitrogens with zero attached hydrogens (tertiary/aromatic N) is 3. The summed E-state index contributed by atoms with van der Waals surface area (Å²) < 4.78 is 1.72. The third-order valence-corrected chi connectivity index (χ3v) is 2.53. The predicted octanol–water partition coefficient (Wildman–Crippen LogP) is 0.820. The highest BCUT2D eigenvalue weighted by Gasteiger charge is 2.13. The van der Waals surface area contributed by atoms with E-state index >= 15 is 0 Å². The van der Waals surface area contributed by atoms with Gasteiger partial charge in [0.25, 0.3) is 0 Å². The normalized spacial score (nSPS) is 10.7. The average Bonchev–Trinajstić information content (AvgIpc) is 2.80. The van der Waals surface area contributed by atoms with Crippen LogP contribution in [0.3, 0.4) is 0 Å². The van der Waals surface area contributed by atoms with Crippen LogP contribution in [-0.2, 0) is 13.2 Å². The van der Waals surface area contributed by atoms with Gasteiger partial charge in [0.15, 0.2) is 0 Å². The molecule has 0 bridgehead atoms. The van der Waals surface area contributed by atoms with Crippen LogP contribution in [0.25, 0.3) is 11.3 Å². The Kier molecular flexibility index (Phi) is 3.85. The zero-order valence-corrected chi connectivity index (χ0v) is 9.45. The summed E-state index contributed by atoms with van der Waals surface area (Å²) in [6.07, 6.45) is 0.619. The van der Waals surface area contributed by atoms with Crippen molar-refractivity contribution in [1.82, 2.24) is 15.0 Å². The molecule has 0 amide bonds.